The van der Waals surface area contributed by atoms with E-state index in [9.17, 15) is 0 Å². The molecule has 0 aliphatic carbocycles. The van der Waals surface area contributed by atoms with Gasteiger partial charge in [0.2, 0.25) is 0 Å². The molecular formula is C13H11BrN4. The van der Waals surface area contributed by atoms with Gasteiger partial charge in [-0.25, -0.2) is 4.68 Å². The maximum atomic E-state index is 5.73. The Morgan fingerprint density at radius 2 is 2.11 bits per heavy atom. The van der Waals surface area contributed by atoms with Gasteiger partial charge in [0.05, 0.1) is 11.2 Å². The molecule has 4 nitrogen and oxygen atoms in total. The molecule has 2 aromatic heterocycles. The van der Waals surface area contributed by atoms with Crippen molar-refractivity contribution in [3.63, 3.8) is 0 Å². The minimum Gasteiger partial charge on any atom is -0.382 e. The van der Waals surface area contributed by atoms with Crippen molar-refractivity contribution in [2.75, 3.05) is 5.73 Å². The third kappa shape index (κ3) is 1.76. The van der Waals surface area contributed by atoms with E-state index in [1.165, 1.54) is 0 Å². The van der Waals surface area contributed by atoms with Gasteiger partial charge in [-0.3, -0.25) is 4.98 Å². The summed E-state index contributed by atoms with van der Waals surface area (Å²) in [6, 6.07) is 9.89. The monoisotopic (exact) mass is 302 g/mol. The van der Waals surface area contributed by atoms with Gasteiger partial charge in [0.1, 0.15) is 5.82 Å². The summed E-state index contributed by atoms with van der Waals surface area (Å²) in [5, 5.41) is 5.36. The van der Waals surface area contributed by atoms with Gasteiger partial charge >= 0.3 is 0 Å². The highest BCUT2D eigenvalue weighted by molar-refractivity contribution is 9.10. The SMILES string of the molecule is Cc1cc(N)nn1-c1cccc2cc(Br)cnc12. The number of para-hydroxylation sites is 1. The lowest BCUT2D eigenvalue weighted by Gasteiger charge is -2.07. The predicted octanol–water partition coefficient (Wildman–Crippen LogP) is 3.07. The number of nitrogens with two attached hydrogens (primary N) is 1. The molecule has 0 fully saturated rings. The normalized spacial score (nSPS) is 11.0. The lowest BCUT2D eigenvalue weighted by molar-refractivity contribution is 0.855. The summed E-state index contributed by atoms with van der Waals surface area (Å²) in [5.74, 6) is 0.515. The van der Waals surface area contributed by atoms with E-state index in [1.807, 2.05) is 41.9 Å². The molecule has 0 atom stereocenters. The lowest BCUT2D eigenvalue weighted by atomic mass is 10.2. The molecule has 0 aliphatic heterocycles. The summed E-state index contributed by atoms with van der Waals surface area (Å²) in [6.07, 6.45) is 1.79. The fourth-order valence-corrected chi connectivity index (χ4v) is 2.38. The number of nitrogens with zero attached hydrogens (tertiary/aromatic N) is 3. The van der Waals surface area contributed by atoms with Crippen LogP contribution in [-0.4, -0.2) is 14.8 Å². The Hall–Kier alpha value is -1.88. The molecule has 3 rings (SSSR count). The average molecular weight is 303 g/mol. The highest BCUT2D eigenvalue weighted by Crippen LogP contribution is 2.24. The van der Waals surface area contributed by atoms with Crippen LogP contribution in [0.2, 0.25) is 0 Å². The Labute approximate surface area is 113 Å². The van der Waals surface area contributed by atoms with Crippen LogP contribution in [0.25, 0.3) is 16.6 Å². The number of aryl methyl sites for hydroxylation is 1. The Kier molecular flexibility index (Phi) is 2.56. The van der Waals surface area contributed by atoms with E-state index in [-0.39, 0.29) is 0 Å². The first kappa shape index (κ1) is 11.2. The van der Waals surface area contributed by atoms with Crippen molar-refractivity contribution in [2.24, 2.45) is 0 Å². The van der Waals surface area contributed by atoms with Crippen molar-refractivity contribution in [2.45, 2.75) is 6.92 Å². The van der Waals surface area contributed by atoms with Gasteiger partial charge in [-0.1, -0.05) is 12.1 Å². The number of benzene rings is 1. The van der Waals surface area contributed by atoms with Gasteiger partial charge in [-0.15, -0.1) is 0 Å². The van der Waals surface area contributed by atoms with Crippen molar-refractivity contribution in [1.82, 2.24) is 14.8 Å². The maximum Gasteiger partial charge on any atom is 0.146 e. The average Bonchev–Trinajstić information content (AvgIpc) is 2.67. The molecule has 0 saturated carbocycles. The van der Waals surface area contributed by atoms with Crippen LogP contribution in [0.15, 0.2) is 41.0 Å². The Morgan fingerprint density at radius 3 is 2.83 bits per heavy atom. The van der Waals surface area contributed by atoms with Crippen molar-refractivity contribution in [1.29, 1.82) is 0 Å². The standard InChI is InChI=1S/C13H11BrN4/c1-8-5-12(15)17-18(8)11-4-2-3-9-6-10(14)7-16-13(9)11/h2-7H,1H3,(H2,15,17). The Balaban J connectivity index is 2.32. The highest BCUT2D eigenvalue weighted by Gasteiger charge is 2.09. The molecule has 2 N–H and O–H groups in total. The molecule has 90 valence electrons. The summed E-state index contributed by atoms with van der Waals surface area (Å²) in [7, 11) is 0. The third-order valence-corrected chi connectivity index (χ3v) is 3.22. The number of nitrogen functional groups attached to an aromatic ring is 1. The number of halogens is 1. The van der Waals surface area contributed by atoms with Crippen LogP contribution in [0.1, 0.15) is 5.69 Å². The van der Waals surface area contributed by atoms with Crippen LogP contribution >= 0.6 is 15.9 Å². The molecule has 3 aromatic rings. The fourth-order valence-electron chi connectivity index (χ4n) is 2.03. The van der Waals surface area contributed by atoms with Gasteiger partial charge in [-0.05, 0) is 35.0 Å². The highest BCUT2D eigenvalue weighted by atomic mass is 79.9. The Bertz CT molecular complexity index is 733. The van der Waals surface area contributed by atoms with Crippen LogP contribution in [0.3, 0.4) is 0 Å². The molecule has 0 radical (unpaired) electrons. The number of hydrogen-bond donors (Lipinski definition) is 1. The second kappa shape index (κ2) is 4.10. The van der Waals surface area contributed by atoms with E-state index in [0.29, 0.717) is 5.82 Å². The minimum atomic E-state index is 0.515. The summed E-state index contributed by atoms with van der Waals surface area (Å²) in [6.45, 7) is 1.97. The van der Waals surface area contributed by atoms with Crippen molar-refractivity contribution in [3.05, 3.63) is 46.7 Å². The largest absolute Gasteiger partial charge is 0.382 e. The van der Waals surface area contributed by atoms with E-state index in [0.717, 1.165) is 26.8 Å². The lowest BCUT2D eigenvalue weighted by Crippen LogP contribution is -2.01. The molecule has 18 heavy (non-hydrogen) atoms. The van der Waals surface area contributed by atoms with Crippen LogP contribution in [0, 0.1) is 6.92 Å². The second-order valence-electron chi connectivity index (χ2n) is 4.12. The quantitative estimate of drug-likeness (QED) is 0.751. The van der Waals surface area contributed by atoms with Gasteiger partial charge < -0.3 is 5.73 Å². The first-order chi connectivity index (χ1) is 8.65. The molecular weight excluding hydrogens is 292 g/mol. The predicted molar refractivity (Wildman–Crippen MR) is 75.7 cm³/mol. The summed E-state index contributed by atoms with van der Waals surface area (Å²) in [4.78, 5) is 4.46. The number of hydrogen-bond acceptors (Lipinski definition) is 3. The van der Waals surface area contributed by atoms with E-state index in [1.54, 1.807) is 6.20 Å². The molecule has 0 unspecified atom stereocenters. The van der Waals surface area contributed by atoms with E-state index in [2.05, 4.69) is 26.0 Å². The van der Waals surface area contributed by atoms with Gasteiger partial charge in [0.25, 0.3) is 0 Å². The van der Waals surface area contributed by atoms with Crippen molar-refractivity contribution in [3.8, 4) is 5.69 Å². The van der Waals surface area contributed by atoms with Crippen LogP contribution in [0.4, 0.5) is 5.82 Å². The number of pyridine rings is 1. The van der Waals surface area contributed by atoms with Crippen LogP contribution in [-0.2, 0) is 0 Å². The fraction of sp³-hybridized carbons (Fsp3) is 0.0769. The molecule has 0 bridgehead atoms. The van der Waals surface area contributed by atoms with Crippen LogP contribution in [0.5, 0.6) is 0 Å². The number of aromatic nitrogens is 3. The molecule has 0 spiro atoms. The smallest absolute Gasteiger partial charge is 0.146 e. The van der Waals surface area contributed by atoms with Gasteiger partial charge in [-0.2, -0.15) is 5.10 Å². The zero-order chi connectivity index (χ0) is 12.7. The minimum absolute atomic E-state index is 0.515. The van der Waals surface area contributed by atoms with E-state index >= 15 is 0 Å². The first-order valence-corrected chi connectivity index (χ1v) is 6.31. The van der Waals surface area contributed by atoms with E-state index < -0.39 is 0 Å². The molecule has 1 aromatic carbocycles. The summed E-state index contributed by atoms with van der Waals surface area (Å²) in [5.41, 5.74) is 8.56. The summed E-state index contributed by atoms with van der Waals surface area (Å²) >= 11 is 3.43. The number of rotatable bonds is 1. The van der Waals surface area contributed by atoms with Gasteiger partial charge in [0, 0.05) is 27.8 Å². The molecule has 0 amide bonds. The second-order valence-corrected chi connectivity index (χ2v) is 5.04. The van der Waals surface area contributed by atoms with Crippen LogP contribution < -0.4 is 5.73 Å². The zero-order valence-corrected chi connectivity index (χ0v) is 11.3. The van der Waals surface area contributed by atoms with Crippen molar-refractivity contribution >= 4 is 32.7 Å². The topological polar surface area (TPSA) is 56.7 Å². The molecule has 0 aliphatic rings. The maximum absolute atomic E-state index is 5.73. The number of anilines is 1. The summed E-state index contributed by atoms with van der Waals surface area (Å²) < 4.78 is 2.78. The van der Waals surface area contributed by atoms with E-state index in [4.69, 9.17) is 5.73 Å². The number of fused-ring (bicyclic) bond motifs is 1. The third-order valence-electron chi connectivity index (χ3n) is 2.79. The molecule has 0 saturated heterocycles. The van der Waals surface area contributed by atoms with Gasteiger partial charge in [0.15, 0.2) is 0 Å². The zero-order valence-electron chi connectivity index (χ0n) is 9.76. The first-order valence-electron chi connectivity index (χ1n) is 5.52. The van der Waals surface area contributed by atoms with Crippen molar-refractivity contribution < 1.29 is 0 Å². The molecule has 5 heteroatoms. The Morgan fingerprint density at radius 1 is 1.28 bits per heavy atom. The molecule has 2 heterocycles.